The van der Waals surface area contributed by atoms with Crippen molar-refractivity contribution < 1.29 is 4.79 Å². The van der Waals surface area contributed by atoms with E-state index >= 15 is 0 Å². The SMILES string of the molecule is CC(C)(C)c1cc(NC(=O)c2cc(Cl)cc(Cl)c2)n(-c2nc3c(c(=O)[nH]2)CCCC3)n1. The van der Waals surface area contributed by atoms with Gasteiger partial charge in [-0.1, -0.05) is 44.0 Å². The minimum Gasteiger partial charge on any atom is -0.306 e. The summed E-state index contributed by atoms with van der Waals surface area (Å²) in [5.41, 5.74) is 2.14. The lowest BCUT2D eigenvalue weighted by molar-refractivity contribution is 0.102. The van der Waals surface area contributed by atoms with Crippen molar-refractivity contribution in [2.75, 3.05) is 5.32 Å². The van der Waals surface area contributed by atoms with Gasteiger partial charge in [0.05, 0.1) is 11.4 Å². The third-order valence-corrected chi connectivity index (χ3v) is 5.66. The van der Waals surface area contributed by atoms with E-state index in [2.05, 4.69) is 20.4 Å². The molecule has 3 aromatic rings. The summed E-state index contributed by atoms with van der Waals surface area (Å²) in [6.07, 6.45) is 3.46. The van der Waals surface area contributed by atoms with E-state index in [9.17, 15) is 9.59 Å². The van der Waals surface area contributed by atoms with Gasteiger partial charge in [0.15, 0.2) is 0 Å². The number of hydrogen-bond donors (Lipinski definition) is 2. The number of aromatic nitrogens is 4. The molecule has 31 heavy (non-hydrogen) atoms. The van der Waals surface area contributed by atoms with Gasteiger partial charge in [-0.15, -0.1) is 0 Å². The number of amides is 1. The van der Waals surface area contributed by atoms with Gasteiger partial charge in [0, 0.05) is 32.7 Å². The van der Waals surface area contributed by atoms with Crippen molar-refractivity contribution in [2.24, 2.45) is 0 Å². The van der Waals surface area contributed by atoms with Crippen molar-refractivity contribution in [1.29, 1.82) is 0 Å². The van der Waals surface area contributed by atoms with Crippen molar-refractivity contribution in [1.82, 2.24) is 19.7 Å². The van der Waals surface area contributed by atoms with Crippen LogP contribution in [0.5, 0.6) is 0 Å². The number of H-pyrrole nitrogens is 1. The van der Waals surface area contributed by atoms with Crippen molar-refractivity contribution in [3.63, 3.8) is 0 Å². The lowest BCUT2D eigenvalue weighted by Gasteiger charge is -2.16. The lowest BCUT2D eigenvalue weighted by Crippen LogP contribution is -2.25. The smallest absolute Gasteiger partial charge is 0.256 e. The van der Waals surface area contributed by atoms with E-state index < -0.39 is 5.91 Å². The van der Waals surface area contributed by atoms with E-state index in [4.69, 9.17) is 23.2 Å². The second-order valence-electron chi connectivity index (χ2n) is 8.71. The first kappa shape index (κ1) is 21.6. The van der Waals surface area contributed by atoms with Gasteiger partial charge < -0.3 is 5.32 Å². The molecule has 1 aliphatic carbocycles. The fraction of sp³-hybridized carbons (Fsp3) is 0.364. The van der Waals surface area contributed by atoms with Crippen LogP contribution >= 0.6 is 23.2 Å². The number of hydrogen-bond acceptors (Lipinski definition) is 4. The van der Waals surface area contributed by atoms with Gasteiger partial charge in [0.25, 0.3) is 11.5 Å². The Bertz CT molecular complexity index is 1200. The standard InChI is InChI=1S/C22H23Cl2N5O2/c1-22(2,3)17-11-18(26-19(30)12-8-13(23)10-14(24)9-12)29(28-17)21-25-16-7-5-4-6-15(16)20(31)27-21/h8-11H,4-7H2,1-3H3,(H,26,30)(H,25,27,31). The summed E-state index contributed by atoms with van der Waals surface area (Å²) in [6, 6.07) is 6.41. The lowest BCUT2D eigenvalue weighted by atomic mass is 9.92. The number of fused-ring (bicyclic) bond motifs is 1. The van der Waals surface area contributed by atoms with E-state index in [0.29, 0.717) is 21.4 Å². The Labute approximate surface area is 189 Å². The van der Waals surface area contributed by atoms with Crippen LogP contribution in [0.1, 0.15) is 60.9 Å². The topological polar surface area (TPSA) is 92.7 Å². The van der Waals surface area contributed by atoms with Crippen LogP contribution in [-0.4, -0.2) is 25.7 Å². The van der Waals surface area contributed by atoms with Crippen LogP contribution in [0, 0.1) is 0 Å². The van der Waals surface area contributed by atoms with Crippen LogP contribution < -0.4 is 10.9 Å². The van der Waals surface area contributed by atoms with Gasteiger partial charge in [-0.3, -0.25) is 14.6 Å². The van der Waals surface area contributed by atoms with Gasteiger partial charge in [-0.05, 0) is 43.9 Å². The van der Waals surface area contributed by atoms with E-state index in [1.165, 1.54) is 16.8 Å². The summed E-state index contributed by atoms with van der Waals surface area (Å²) in [5, 5.41) is 8.22. The summed E-state index contributed by atoms with van der Waals surface area (Å²) in [6.45, 7) is 6.06. The zero-order chi connectivity index (χ0) is 22.3. The number of carbonyl (C=O) groups is 1. The molecule has 1 aromatic carbocycles. The van der Waals surface area contributed by atoms with Crippen molar-refractivity contribution in [2.45, 2.75) is 51.9 Å². The van der Waals surface area contributed by atoms with Crippen molar-refractivity contribution in [3.05, 3.63) is 67.2 Å². The van der Waals surface area contributed by atoms with Gasteiger partial charge in [0.1, 0.15) is 5.82 Å². The van der Waals surface area contributed by atoms with E-state index in [0.717, 1.165) is 42.6 Å². The molecule has 4 rings (SSSR count). The zero-order valence-electron chi connectivity index (χ0n) is 17.6. The fourth-order valence-electron chi connectivity index (χ4n) is 3.56. The molecule has 0 saturated carbocycles. The molecule has 1 aliphatic rings. The Balaban J connectivity index is 1.78. The highest BCUT2D eigenvalue weighted by Gasteiger charge is 2.24. The average molecular weight is 460 g/mol. The Kier molecular flexibility index (Phi) is 5.66. The van der Waals surface area contributed by atoms with Crippen molar-refractivity contribution in [3.8, 4) is 5.95 Å². The molecule has 0 atom stereocenters. The first-order valence-electron chi connectivity index (χ1n) is 10.1. The maximum Gasteiger partial charge on any atom is 0.256 e. The number of carbonyl (C=O) groups excluding carboxylic acids is 1. The molecule has 7 nitrogen and oxygen atoms in total. The molecule has 0 saturated heterocycles. The molecule has 0 fully saturated rings. The number of aromatic amines is 1. The molecule has 1 amide bonds. The summed E-state index contributed by atoms with van der Waals surface area (Å²) < 4.78 is 1.47. The highest BCUT2D eigenvalue weighted by molar-refractivity contribution is 6.35. The molecule has 0 unspecified atom stereocenters. The molecular formula is C22H23Cl2N5O2. The largest absolute Gasteiger partial charge is 0.306 e. The van der Waals surface area contributed by atoms with E-state index in [1.807, 2.05) is 20.8 Å². The van der Waals surface area contributed by atoms with Crippen LogP contribution in [-0.2, 0) is 18.3 Å². The molecule has 2 N–H and O–H groups in total. The summed E-state index contributed by atoms with van der Waals surface area (Å²) in [5.74, 6) is 0.275. The third-order valence-electron chi connectivity index (χ3n) is 5.22. The van der Waals surface area contributed by atoms with E-state index in [1.54, 1.807) is 12.1 Å². The number of anilines is 1. The molecule has 0 aliphatic heterocycles. The maximum atomic E-state index is 12.9. The van der Waals surface area contributed by atoms with Crippen molar-refractivity contribution >= 4 is 34.9 Å². The Morgan fingerprint density at radius 2 is 1.77 bits per heavy atom. The quantitative estimate of drug-likeness (QED) is 0.593. The number of rotatable bonds is 3. The van der Waals surface area contributed by atoms with Gasteiger partial charge in [0.2, 0.25) is 5.95 Å². The number of nitrogens with zero attached hydrogens (tertiary/aromatic N) is 3. The number of nitrogens with one attached hydrogen (secondary N) is 2. The summed E-state index contributed by atoms with van der Waals surface area (Å²) in [4.78, 5) is 33.0. The predicted octanol–water partition coefficient (Wildman–Crippen LogP) is 4.69. The van der Waals surface area contributed by atoms with Gasteiger partial charge in [-0.25, -0.2) is 4.98 Å². The number of halogens is 2. The minimum atomic E-state index is -0.397. The van der Waals surface area contributed by atoms with Gasteiger partial charge in [-0.2, -0.15) is 9.78 Å². The predicted molar refractivity (Wildman–Crippen MR) is 122 cm³/mol. The summed E-state index contributed by atoms with van der Waals surface area (Å²) in [7, 11) is 0. The molecule has 0 bridgehead atoms. The molecule has 2 heterocycles. The van der Waals surface area contributed by atoms with Crippen LogP contribution in [0.15, 0.2) is 29.1 Å². The second kappa shape index (κ2) is 8.13. The first-order chi connectivity index (χ1) is 14.6. The monoisotopic (exact) mass is 459 g/mol. The first-order valence-corrected chi connectivity index (χ1v) is 10.9. The maximum absolute atomic E-state index is 12.9. The van der Waals surface area contributed by atoms with Crippen LogP contribution in [0.3, 0.4) is 0 Å². The molecule has 162 valence electrons. The Hall–Kier alpha value is -2.64. The normalized spacial score (nSPS) is 13.7. The summed E-state index contributed by atoms with van der Waals surface area (Å²) >= 11 is 12.1. The molecule has 2 aromatic heterocycles. The molecule has 9 heteroatoms. The Morgan fingerprint density at radius 1 is 1.10 bits per heavy atom. The van der Waals surface area contributed by atoms with Crippen LogP contribution in [0.2, 0.25) is 10.0 Å². The minimum absolute atomic E-state index is 0.161. The Morgan fingerprint density at radius 3 is 2.45 bits per heavy atom. The van der Waals surface area contributed by atoms with E-state index in [-0.39, 0.29) is 16.9 Å². The molecule has 0 spiro atoms. The van der Waals surface area contributed by atoms with Crippen LogP contribution in [0.25, 0.3) is 5.95 Å². The van der Waals surface area contributed by atoms with Crippen LogP contribution in [0.4, 0.5) is 5.82 Å². The third kappa shape index (κ3) is 4.52. The number of aryl methyl sites for hydroxylation is 1. The molecular weight excluding hydrogens is 437 g/mol. The highest BCUT2D eigenvalue weighted by Crippen LogP contribution is 2.27. The highest BCUT2D eigenvalue weighted by atomic mass is 35.5. The zero-order valence-corrected chi connectivity index (χ0v) is 19.1. The number of benzene rings is 1. The molecule has 0 radical (unpaired) electrons. The second-order valence-corrected chi connectivity index (χ2v) is 9.58. The fourth-order valence-corrected chi connectivity index (χ4v) is 4.09. The van der Waals surface area contributed by atoms with Gasteiger partial charge >= 0.3 is 0 Å². The average Bonchev–Trinajstić information content (AvgIpc) is 3.11.